The van der Waals surface area contributed by atoms with Gasteiger partial charge < -0.3 is 30.2 Å². The van der Waals surface area contributed by atoms with E-state index in [1.54, 1.807) is 98.2 Å². The number of H-pyrrole nitrogens is 2. The smallest absolute Gasteiger partial charge is 0.418 e. The van der Waals surface area contributed by atoms with Crippen molar-refractivity contribution in [2.45, 2.75) is 26.4 Å². The molecule has 1 atom stereocenters. The Hall–Kier alpha value is -7.22. The van der Waals surface area contributed by atoms with Gasteiger partial charge in [0.25, 0.3) is 11.8 Å². The molecule has 7 aromatic rings. The molecule has 0 unspecified atom stereocenters. The summed E-state index contributed by atoms with van der Waals surface area (Å²) in [5.74, 6) is 0.292. The van der Waals surface area contributed by atoms with Crippen molar-refractivity contribution in [3.63, 3.8) is 0 Å². The van der Waals surface area contributed by atoms with Gasteiger partial charge in [-0.3, -0.25) is 24.2 Å². The summed E-state index contributed by atoms with van der Waals surface area (Å²) in [5, 5.41) is 5.83. The largest absolute Gasteiger partial charge is 0.456 e. The third-order valence-electron chi connectivity index (χ3n) is 9.72. The molecule has 4 aromatic carbocycles. The average Bonchev–Trinajstić information content (AvgIpc) is 3.65. The molecule has 0 radical (unpaired) electrons. The maximum atomic E-state index is 13.7. The van der Waals surface area contributed by atoms with Gasteiger partial charge in [-0.2, -0.15) is 13.2 Å². The van der Waals surface area contributed by atoms with Crippen molar-refractivity contribution in [3.8, 4) is 11.5 Å². The van der Waals surface area contributed by atoms with Gasteiger partial charge in [0, 0.05) is 64.9 Å². The van der Waals surface area contributed by atoms with E-state index in [1.807, 2.05) is 11.0 Å². The van der Waals surface area contributed by atoms with Crippen molar-refractivity contribution >= 4 is 50.7 Å². The molecule has 8 rings (SSSR count). The van der Waals surface area contributed by atoms with Gasteiger partial charge >= 0.3 is 6.18 Å². The molecule has 1 aliphatic heterocycles. The van der Waals surface area contributed by atoms with E-state index in [0.29, 0.717) is 69.3 Å². The summed E-state index contributed by atoms with van der Waals surface area (Å²) in [6.07, 6.45) is 2.20. The number of nitrogens with zero attached hydrogens (tertiary/aromatic N) is 2. The predicted molar refractivity (Wildman–Crippen MR) is 218 cm³/mol. The summed E-state index contributed by atoms with van der Waals surface area (Å²) in [7, 11) is 0. The number of alkyl halides is 3. The molecule has 3 aromatic heterocycles. The third-order valence-corrected chi connectivity index (χ3v) is 9.72. The highest BCUT2D eigenvalue weighted by Gasteiger charge is 2.35. The van der Waals surface area contributed by atoms with E-state index >= 15 is 0 Å². The zero-order chi connectivity index (χ0) is 41.0. The molecule has 2 amide bonds. The second-order valence-corrected chi connectivity index (χ2v) is 13.9. The number of fused-ring (bicyclic) bond motifs is 2. The van der Waals surface area contributed by atoms with Crippen LogP contribution >= 0.6 is 0 Å². The maximum absolute atomic E-state index is 13.7. The highest BCUT2D eigenvalue weighted by atomic mass is 19.4. The summed E-state index contributed by atoms with van der Waals surface area (Å²) in [6.45, 7) is 5.17. The van der Waals surface area contributed by atoms with Crippen LogP contribution in [-0.2, 0) is 6.18 Å². The first kappa shape index (κ1) is 39.0. The standard InChI is InChI=1S/C23H22F3N3O2.C21H15N3O3/c1-13-8-9-29(12-13)15-6-7-18(17(10-15)23(24,25)26)28-22(31)16-11-27-19-5-3-4-14(2)20(19)21(16)30;25-20-17-5-1-2-6-19(17)23-13-18(20)21(26)24-14-7-9-15(10-8-14)27-16-4-3-11-22-12-16/h3-7,10-11,13H,8-9,12H2,1-2H3,(H,27,30)(H,28,31);1-13H,(H,23,25)(H,24,26)/t13-;/m1./s1. The van der Waals surface area contributed by atoms with Gasteiger partial charge in [-0.05, 0) is 97.6 Å². The van der Waals surface area contributed by atoms with Gasteiger partial charge in [0.15, 0.2) is 0 Å². The first-order chi connectivity index (χ1) is 27.9. The van der Waals surface area contributed by atoms with E-state index in [4.69, 9.17) is 4.74 Å². The van der Waals surface area contributed by atoms with Crippen molar-refractivity contribution in [3.05, 3.63) is 165 Å². The summed E-state index contributed by atoms with van der Waals surface area (Å²) < 4.78 is 46.9. The average molecular weight is 787 g/mol. The van der Waals surface area contributed by atoms with Gasteiger partial charge in [0.05, 0.1) is 17.4 Å². The van der Waals surface area contributed by atoms with Crippen LogP contribution in [0.3, 0.4) is 0 Å². The highest BCUT2D eigenvalue weighted by Crippen LogP contribution is 2.38. The van der Waals surface area contributed by atoms with Gasteiger partial charge in [0.2, 0.25) is 10.9 Å². The Balaban J connectivity index is 0.000000178. The third kappa shape index (κ3) is 8.60. The van der Waals surface area contributed by atoms with Crippen molar-refractivity contribution in [1.29, 1.82) is 0 Å². The van der Waals surface area contributed by atoms with Gasteiger partial charge in [-0.25, -0.2) is 0 Å². The number of hydrogen-bond donors (Lipinski definition) is 4. The topological polar surface area (TPSA) is 149 Å². The van der Waals surface area contributed by atoms with E-state index in [0.717, 1.165) is 12.5 Å². The van der Waals surface area contributed by atoms with Crippen LogP contribution in [0.5, 0.6) is 11.5 Å². The minimum absolute atomic E-state index is 0.0596. The molecule has 1 saturated heterocycles. The monoisotopic (exact) mass is 786 g/mol. The van der Waals surface area contributed by atoms with Crippen molar-refractivity contribution in [2.24, 2.45) is 5.92 Å². The number of amides is 2. The molecule has 0 bridgehead atoms. The molecule has 294 valence electrons. The number of benzene rings is 4. The SMILES string of the molecule is Cc1cccc2[nH]cc(C(=O)Nc3ccc(N4CC[C@@H](C)C4)cc3C(F)(F)F)c(=O)c12.O=C(Nc1ccc(Oc2cccnc2)cc1)c1c[nH]c2ccccc2c1=O. The Morgan fingerprint density at radius 3 is 2.22 bits per heavy atom. The number of halogens is 3. The molecule has 1 fully saturated rings. The molecule has 0 aliphatic carbocycles. The number of ether oxygens (including phenoxy) is 1. The van der Waals surface area contributed by atoms with Crippen LogP contribution in [-0.4, -0.2) is 39.9 Å². The molecule has 1 aliphatic rings. The Morgan fingerprint density at radius 1 is 0.810 bits per heavy atom. The molecular weight excluding hydrogens is 750 g/mol. The fourth-order valence-corrected chi connectivity index (χ4v) is 6.72. The Bertz CT molecular complexity index is 2750. The number of aryl methyl sites for hydroxylation is 1. The Kier molecular flexibility index (Phi) is 11.1. The van der Waals surface area contributed by atoms with Crippen LogP contribution in [0.1, 0.15) is 45.2 Å². The Labute approximate surface area is 329 Å². The normalized spacial score (nSPS) is 13.8. The van der Waals surface area contributed by atoms with E-state index in [-0.39, 0.29) is 22.2 Å². The number of nitrogens with one attached hydrogen (secondary N) is 4. The molecule has 4 N–H and O–H groups in total. The summed E-state index contributed by atoms with van der Waals surface area (Å²) in [5.41, 5.74) is 0.617. The van der Waals surface area contributed by atoms with Crippen molar-refractivity contribution in [2.75, 3.05) is 28.6 Å². The number of rotatable bonds is 7. The van der Waals surface area contributed by atoms with Crippen molar-refractivity contribution < 1.29 is 27.5 Å². The van der Waals surface area contributed by atoms with E-state index in [1.165, 1.54) is 18.5 Å². The second-order valence-electron chi connectivity index (χ2n) is 13.9. The van der Waals surface area contributed by atoms with Crippen LogP contribution < -0.4 is 31.1 Å². The van der Waals surface area contributed by atoms with Gasteiger partial charge in [0.1, 0.15) is 22.6 Å². The lowest BCUT2D eigenvalue weighted by atomic mass is 10.1. The van der Waals surface area contributed by atoms with E-state index in [2.05, 4.69) is 32.5 Å². The first-order valence-electron chi connectivity index (χ1n) is 18.3. The fourth-order valence-electron chi connectivity index (χ4n) is 6.72. The quantitative estimate of drug-likeness (QED) is 0.126. The number of aromatic amines is 2. The number of aromatic nitrogens is 3. The summed E-state index contributed by atoms with van der Waals surface area (Å²) in [6, 6.07) is 26.6. The number of carbonyl (C=O) groups is 2. The lowest BCUT2D eigenvalue weighted by Crippen LogP contribution is -2.24. The highest BCUT2D eigenvalue weighted by molar-refractivity contribution is 6.07. The van der Waals surface area contributed by atoms with Crippen molar-refractivity contribution in [1.82, 2.24) is 15.0 Å². The zero-order valence-corrected chi connectivity index (χ0v) is 31.3. The minimum Gasteiger partial charge on any atom is -0.456 e. The van der Waals surface area contributed by atoms with Crippen LogP contribution in [0, 0.1) is 12.8 Å². The van der Waals surface area contributed by atoms with Gasteiger partial charge in [-0.15, -0.1) is 0 Å². The molecular formula is C44H37F3N6O5. The lowest BCUT2D eigenvalue weighted by Gasteiger charge is -2.21. The Morgan fingerprint density at radius 2 is 1.52 bits per heavy atom. The molecule has 58 heavy (non-hydrogen) atoms. The number of pyridine rings is 3. The number of para-hydroxylation sites is 1. The van der Waals surface area contributed by atoms with Crippen LogP contribution in [0.25, 0.3) is 21.8 Å². The van der Waals surface area contributed by atoms with Crippen LogP contribution in [0.2, 0.25) is 0 Å². The number of carbonyl (C=O) groups excluding carboxylic acids is 2. The zero-order valence-electron chi connectivity index (χ0n) is 31.3. The predicted octanol–water partition coefficient (Wildman–Crippen LogP) is 8.92. The molecule has 11 nitrogen and oxygen atoms in total. The molecule has 14 heteroatoms. The number of hydrogen-bond acceptors (Lipinski definition) is 7. The second kappa shape index (κ2) is 16.5. The summed E-state index contributed by atoms with van der Waals surface area (Å²) in [4.78, 5) is 62.3. The number of anilines is 3. The molecule has 4 heterocycles. The van der Waals surface area contributed by atoms with Crippen LogP contribution in [0.15, 0.2) is 131 Å². The lowest BCUT2D eigenvalue weighted by molar-refractivity contribution is -0.136. The fraction of sp³-hybridized carbons (Fsp3) is 0.159. The minimum atomic E-state index is -4.66. The van der Waals surface area contributed by atoms with Crippen LogP contribution in [0.4, 0.5) is 30.2 Å². The first-order valence-corrected chi connectivity index (χ1v) is 18.3. The summed E-state index contributed by atoms with van der Waals surface area (Å²) >= 11 is 0. The van der Waals surface area contributed by atoms with Gasteiger partial charge in [-0.1, -0.05) is 31.2 Å². The van der Waals surface area contributed by atoms with E-state index in [9.17, 15) is 32.3 Å². The van der Waals surface area contributed by atoms with E-state index < -0.39 is 29.0 Å². The maximum Gasteiger partial charge on any atom is 0.418 e. The molecule has 0 saturated carbocycles. The molecule has 0 spiro atoms.